The lowest BCUT2D eigenvalue weighted by Crippen LogP contribution is -2.45. The second-order valence-electron chi connectivity index (χ2n) is 6.87. The van der Waals surface area contributed by atoms with Gasteiger partial charge in [-0.15, -0.1) is 0 Å². The van der Waals surface area contributed by atoms with Gasteiger partial charge in [0.1, 0.15) is 0 Å². The molecule has 0 aliphatic carbocycles. The van der Waals surface area contributed by atoms with E-state index in [1.807, 2.05) is 48.5 Å². The SMILES string of the molecule is CCN(CC)C(CNC(=O)CCNC(=O)Nc1ccccc1)Cc1ccccc1. The van der Waals surface area contributed by atoms with Gasteiger partial charge in [-0.05, 0) is 37.2 Å². The molecule has 2 aromatic carbocycles. The molecule has 0 radical (unpaired) electrons. The maximum Gasteiger partial charge on any atom is 0.319 e. The highest BCUT2D eigenvalue weighted by Gasteiger charge is 2.17. The molecule has 0 saturated heterocycles. The molecule has 3 N–H and O–H groups in total. The van der Waals surface area contributed by atoms with Gasteiger partial charge in [0.05, 0.1) is 0 Å². The van der Waals surface area contributed by atoms with Crippen molar-refractivity contribution in [1.82, 2.24) is 15.5 Å². The molecule has 0 fully saturated rings. The monoisotopic (exact) mass is 396 g/mol. The van der Waals surface area contributed by atoms with Crippen LogP contribution in [-0.2, 0) is 11.2 Å². The van der Waals surface area contributed by atoms with E-state index in [1.54, 1.807) is 0 Å². The van der Waals surface area contributed by atoms with Crippen molar-refractivity contribution >= 4 is 17.6 Å². The van der Waals surface area contributed by atoms with Gasteiger partial charge in [-0.1, -0.05) is 62.4 Å². The van der Waals surface area contributed by atoms with E-state index < -0.39 is 0 Å². The van der Waals surface area contributed by atoms with Crippen molar-refractivity contribution in [2.45, 2.75) is 32.7 Å². The van der Waals surface area contributed by atoms with Crippen LogP contribution in [0.2, 0.25) is 0 Å². The van der Waals surface area contributed by atoms with Gasteiger partial charge in [0.25, 0.3) is 0 Å². The molecule has 2 aromatic rings. The third-order valence-corrected chi connectivity index (χ3v) is 4.85. The number of amides is 3. The Morgan fingerprint density at radius 3 is 2.14 bits per heavy atom. The van der Waals surface area contributed by atoms with Crippen LogP contribution in [0.4, 0.5) is 10.5 Å². The third kappa shape index (κ3) is 8.35. The molecule has 0 heterocycles. The normalized spacial score (nSPS) is 11.7. The van der Waals surface area contributed by atoms with Crippen LogP contribution in [0.5, 0.6) is 0 Å². The number of hydrogen-bond donors (Lipinski definition) is 3. The molecule has 6 heteroatoms. The first-order valence-corrected chi connectivity index (χ1v) is 10.3. The Balaban J connectivity index is 1.74. The topological polar surface area (TPSA) is 73.5 Å². The average Bonchev–Trinajstić information content (AvgIpc) is 2.74. The zero-order chi connectivity index (χ0) is 20.9. The fourth-order valence-corrected chi connectivity index (χ4v) is 3.26. The lowest BCUT2D eigenvalue weighted by Gasteiger charge is -2.30. The van der Waals surface area contributed by atoms with E-state index in [9.17, 15) is 9.59 Å². The summed E-state index contributed by atoms with van der Waals surface area (Å²) in [5, 5.41) is 8.47. The molecule has 29 heavy (non-hydrogen) atoms. The van der Waals surface area contributed by atoms with E-state index in [4.69, 9.17) is 0 Å². The van der Waals surface area contributed by atoms with Gasteiger partial charge in [0.15, 0.2) is 0 Å². The zero-order valence-electron chi connectivity index (χ0n) is 17.4. The van der Waals surface area contributed by atoms with Crippen molar-refractivity contribution in [3.63, 3.8) is 0 Å². The Bertz CT molecular complexity index is 733. The quantitative estimate of drug-likeness (QED) is 0.546. The lowest BCUT2D eigenvalue weighted by atomic mass is 10.0. The number of nitrogens with zero attached hydrogens (tertiary/aromatic N) is 1. The largest absolute Gasteiger partial charge is 0.354 e. The summed E-state index contributed by atoms with van der Waals surface area (Å²) in [6.45, 7) is 7.03. The highest BCUT2D eigenvalue weighted by molar-refractivity contribution is 5.89. The Morgan fingerprint density at radius 1 is 0.897 bits per heavy atom. The summed E-state index contributed by atoms with van der Waals surface area (Å²) in [6.07, 6.45) is 1.14. The zero-order valence-corrected chi connectivity index (χ0v) is 17.4. The van der Waals surface area contributed by atoms with Crippen molar-refractivity contribution < 1.29 is 9.59 Å². The number of carbonyl (C=O) groups is 2. The molecule has 6 nitrogen and oxygen atoms in total. The fraction of sp³-hybridized carbons (Fsp3) is 0.391. The van der Waals surface area contributed by atoms with Crippen molar-refractivity contribution in [2.75, 3.05) is 31.5 Å². The second kappa shape index (κ2) is 12.6. The molecular formula is C23H32N4O2. The van der Waals surface area contributed by atoms with Gasteiger partial charge in [0, 0.05) is 31.2 Å². The smallest absolute Gasteiger partial charge is 0.319 e. The van der Waals surface area contributed by atoms with Gasteiger partial charge in [-0.2, -0.15) is 0 Å². The summed E-state index contributed by atoms with van der Waals surface area (Å²) in [5.41, 5.74) is 1.98. The van der Waals surface area contributed by atoms with Gasteiger partial charge in [-0.3, -0.25) is 9.69 Å². The number of nitrogens with one attached hydrogen (secondary N) is 3. The lowest BCUT2D eigenvalue weighted by molar-refractivity contribution is -0.121. The molecule has 0 spiro atoms. The van der Waals surface area contributed by atoms with Crippen LogP contribution in [-0.4, -0.2) is 49.1 Å². The van der Waals surface area contributed by atoms with Crippen LogP contribution < -0.4 is 16.0 Å². The maximum absolute atomic E-state index is 12.2. The summed E-state index contributed by atoms with van der Waals surface area (Å²) in [7, 11) is 0. The summed E-state index contributed by atoms with van der Waals surface area (Å²) >= 11 is 0. The minimum absolute atomic E-state index is 0.0600. The summed E-state index contributed by atoms with van der Waals surface area (Å²) in [6, 6.07) is 19.5. The van der Waals surface area contributed by atoms with E-state index >= 15 is 0 Å². The molecule has 0 bridgehead atoms. The highest BCUT2D eigenvalue weighted by atomic mass is 16.2. The first kappa shape index (κ1) is 22.4. The Morgan fingerprint density at radius 2 is 1.52 bits per heavy atom. The maximum atomic E-state index is 12.2. The van der Waals surface area contributed by atoms with E-state index in [0.29, 0.717) is 13.1 Å². The average molecular weight is 397 g/mol. The number of urea groups is 1. The van der Waals surface area contributed by atoms with Crippen LogP contribution >= 0.6 is 0 Å². The Kier molecular flexibility index (Phi) is 9.72. The van der Waals surface area contributed by atoms with Crippen molar-refractivity contribution in [1.29, 1.82) is 0 Å². The standard InChI is InChI=1S/C23H32N4O2/c1-3-27(4-2)21(17-19-11-7-5-8-12-19)18-25-22(28)15-16-24-23(29)26-20-13-9-6-10-14-20/h5-14,21H,3-4,15-18H2,1-2H3,(H,25,28)(H2,24,26,29). The molecule has 0 aliphatic rings. The van der Waals surface area contributed by atoms with Crippen molar-refractivity contribution in [3.8, 4) is 0 Å². The number of benzene rings is 2. The van der Waals surface area contributed by atoms with Gasteiger partial charge < -0.3 is 16.0 Å². The molecule has 0 aliphatic heterocycles. The Hall–Kier alpha value is -2.86. The predicted molar refractivity (Wildman–Crippen MR) is 118 cm³/mol. The number of anilines is 1. The molecule has 2 rings (SSSR count). The van der Waals surface area contributed by atoms with E-state index in [2.05, 4.69) is 46.8 Å². The minimum atomic E-state index is -0.311. The number of hydrogen-bond acceptors (Lipinski definition) is 3. The molecule has 156 valence electrons. The first-order valence-electron chi connectivity index (χ1n) is 10.3. The fourth-order valence-electron chi connectivity index (χ4n) is 3.26. The molecule has 1 atom stereocenters. The number of likely N-dealkylation sites (N-methyl/N-ethyl adjacent to an activating group) is 1. The summed E-state index contributed by atoms with van der Waals surface area (Å²) in [5.74, 6) is -0.0600. The highest BCUT2D eigenvalue weighted by Crippen LogP contribution is 2.09. The van der Waals surface area contributed by atoms with Crippen LogP contribution in [0, 0.1) is 0 Å². The first-order chi connectivity index (χ1) is 14.1. The van der Waals surface area contributed by atoms with Crippen molar-refractivity contribution in [3.05, 3.63) is 66.2 Å². The number of para-hydroxylation sites is 1. The molecule has 3 amide bonds. The van der Waals surface area contributed by atoms with Crippen LogP contribution in [0.3, 0.4) is 0 Å². The molecule has 0 aromatic heterocycles. The molecule has 1 unspecified atom stereocenters. The second-order valence-corrected chi connectivity index (χ2v) is 6.87. The summed E-state index contributed by atoms with van der Waals surface area (Å²) in [4.78, 5) is 26.5. The third-order valence-electron chi connectivity index (χ3n) is 4.85. The molecule has 0 saturated carbocycles. The van der Waals surface area contributed by atoms with Crippen LogP contribution in [0.1, 0.15) is 25.8 Å². The van der Waals surface area contributed by atoms with Crippen molar-refractivity contribution in [2.24, 2.45) is 0 Å². The number of rotatable bonds is 11. The van der Waals surface area contributed by atoms with Gasteiger partial charge >= 0.3 is 6.03 Å². The van der Waals surface area contributed by atoms with E-state index in [-0.39, 0.29) is 24.4 Å². The Labute approximate surface area is 173 Å². The van der Waals surface area contributed by atoms with E-state index in [0.717, 1.165) is 25.2 Å². The van der Waals surface area contributed by atoms with Crippen LogP contribution in [0.25, 0.3) is 0 Å². The van der Waals surface area contributed by atoms with Crippen LogP contribution in [0.15, 0.2) is 60.7 Å². The number of carbonyl (C=O) groups excluding carboxylic acids is 2. The molecular weight excluding hydrogens is 364 g/mol. The predicted octanol–water partition coefficient (Wildman–Crippen LogP) is 3.27. The van der Waals surface area contributed by atoms with E-state index in [1.165, 1.54) is 5.56 Å². The van der Waals surface area contributed by atoms with Gasteiger partial charge in [0.2, 0.25) is 5.91 Å². The minimum Gasteiger partial charge on any atom is -0.354 e. The summed E-state index contributed by atoms with van der Waals surface area (Å²) < 4.78 is 0. The van der Waals surface area contributed by atoms with Gasteiger partial charge in [-0.25, -0.2) is 4.79 Å².